The van der Waals surface area contributed by atoms with E-state index in [0.29, 0.717) is 0 Å². The summed E-state index contributed by atoms with van der Waals surface area (Å²) in [4.78, 5) is 5.95. The summed E-state index contributed by atoms with van der Waals surface area (Å²) in [6.45, 7) is 6.55. The van der Waals surface area contributed by atoms with Crippen molar-refractivity contribution in [3.05, 3.63) is 52.0 Å². The van der Waals surface area contributed by atoms with Gasteiger partial charge in [-0.1, -0.05) is 31.7 Å². The van der Waals surface area contributed by atoms with Crippen LogP contribution in [0.5, 0.6) is 0 Å². The van der Waals surface area contributed by atoms with Crippen LogP contribution in [0.4, 0.5) is 0 Å². The van der Waals surface area contributed by atoms with E-state index in [1.807, 2.05) is 6.07 Å². The van der Waals surface area contributed by atoms with E-state index in [1.165, 1.54) is 4.88 Å². The van der Waals surface area contributed by atoms with Crippen molar-refractivity contribution in [2.24, 2.45) is 0 Å². The molecule has 0 aliphatic rings. The van der Waals surface area contributed by atoms with Gasteiger partial charge in [-0.25, -0.2) is 12.1 Å². The molecule has 0 amide bonds. The number of thiophene rings is 1. The predicted molar refractivity (Wildman–Crippen MR) is 68.9 cm³/mol. The molecule has 0 aliphatic carbocycles. The first-order valence-electron chi connectivity index (χ1n) is 5.56. The number of pyridine rings is 1. The van der Waals surface area contributed by atoms with Crippen LogP contribution in [0.3, 0.4) is 0 Å². The molecule has 93 valence electrons. The van der Waals surface area contributed by atoms with E-state index in [9.17, 15) is 0 Å². The Kier molecular flexibility index (Phi) is 5.05. The van der Waals surface area contributed by atoms with Crippen LogP contribution in [-0.2, 0) is 31.9 Å². The Hall–Kier alpha value is -0.501. The molecule has 0 fully saturated rings. The second-order valence-electron chi connectivity index (χ2n) is 4.39. The second kappa shape index (κ2) is 5.90. The van der Waals surface area contributed by atoms with Crippen LogP contribution >= 0.6 is 11.3 Å². The van der Waals surface area contributed by atoms with Crippen molar-refractivity contribution in [1.82, 2.24) is 4.98 Å². The van der Waals surface area contributed by atoms with Gasteiger partial charge in [-0.15, -0.1) is 0 Å². The molecule has 0 unspecified atom stereocenters. The summed E-state index contributed by atoms with van der Waals surface area (Å²) in [5.41, 5.74) is 2.24. The van der Waals surface area contributed by atoms with Gasteiger partial charge in [0.25, 0.3) is 0 Å². The summed E-state index contributed by atoms with van der Waals surface area (Å²) in [7, 11) is 0. The van der Waals surface area contributed by atoms with Crippen molar-refractivity contribution in [3.8, 4) is 0 Å². The molecule has 2 rings (SSSR count). The molecule has 2 heterocycles. The summed E-state index contributed by atoms with van der Waals surface area (Å²) in [6, 6.07) is 11.5. The normalized spacial score (nSPS) is 11.0. The zero-order chi connectivity index (χ0) is 11.6. The van der Waals surface area contributed by atoms with Crippen LogP contribution in [0.2, 0.25) is 0 Å². The molecule has 17 heavy (non-hydrogen) atoms. The van der Waals surface area contributed by atoms with Crippen molar-refractivity contribution in [2.45, 2.75) is 32.6 Å². The maximum absolute atomic E-state index is 4.71. The molecule has 0 bridgehead atoms. The average Bonchev–Trinajstić information content (AvgIpc) is 2.83. The van der Waals surface area contributed by atoms with Crippen LogP contribution in [0, 0.1) is 6.07 Å². The Labute approximate surface area is 121 Å². The van der Waals surface area contributed by atoms with Crippen molar-refractivity contribution in [3.63, 3.8) is 0 Å². The molecule has 1 nitrogen and oxygen atoms in total. The number of hydrogen-bond acceptors (Lipinski definition) is 2. The van der Waals surface area contributed by atoms with E-state index in [4.69, 9.17) is 4.98 Å². The van der Waals surface area contributed by atoms with E-state index in [0.717, 1.165) is 17.8 Å². The third-order valence-electron chi connectivity index (χ3n) is 2.85. The summed E-state index contributed by atoms with van der Waals surface area (Å²) >= 11 is 1.74. The largest absolute Gasteiger partial charge is 0.269 e. The van der Waals surface area contributed by atoms with Crippen molar-refractivity contribution in [2.75, 3.05) is 0 Å². The monoisotopic (exact) mass is 423 g/mol. The smallest absolute Gasteiger partial charge is 0.0498 e. The van der Waals surface area contributed by atoms with E-state index in [2.05, 4.69) is 50.4 Å². The minimum absolute atomic E-state index is 0. The molecular weight excluding hydrogens is 406 g/mol. The average molecular weight is 423 g/mol. The maximum atomic E-state index is 4.71. The zero-order valence-electron chi connectivity index (χ0n) is 10.3. The van der Waals surface area contributed by atoms with Crippen LogP contribution in [0.1, 0.15) is 37.0 Å². The zero-order valence-corrected chi connectivity index (χ0v) is 13.5. The van der Waals surface area contributed by atoms with E-state index in [1.54, 1.807) is 11.3 Å². The number of hydrogen-bond donors (Lipinski definition) is 0. The van der Waals surface area contributed by atoms with Crippen molar-refractivity contribution < 1.29 is 20.1 Å². The molecule has 0 saturated carbocycles. The minimum atomic E-state index is -0.0423. The van der Waals surface area contributed by atoms with Crippen LogP contribution in [0.25, 0.3) is 0 Å². The van der Waals surface area contributed by atoms with E-state index >= 15 is 0 Å². The minimum Gasteiger partial charge on any atom is -0.269 e. The first kappa shape index (κ1) is 14.6. The van der Waals surface area contributed by atoms with Gasteiger partial charge in [0.05, 0.1) is 0 Å². The van der Waals surface area contributed by atoms with Gasteiger partial charge in [0.15, 0.2) is 0 Å². The fourth-order valence-corrected chi connectivity index (χ4v) is 2.52. The Morgan fingerprint density at radius 1 is 1.35 bits per heavy atom. The molecule has 2 aromatic rings. The number of nitrogens with zero attached hydrogens (tertiary/aromatic N) is 1. The van der Waals surface area contributed by atoms with Crippen LogP contribution in [0.15, 0.2) is 29.6 Å². The van der Waals surface area contributed by atoms with Crippen LogP contribution < -0.4 is 0 Å². The second-order valence-corrected chi connectivity index (χ2v) is 5.30. The summed E-state index contributed by atoms with van der Waals surface area (Å²) in [5.74, 6) is 0. The number of aromatic nitrogens is 1. The SMILES string of the molecule is CCc1cccc(C(C)(C)c2[c-]ccs2)n1.[Ir]. The summed E-state index contributed by atoms with van der Waals surface area (Å²) in [6.07, 6.45) is 0.984. The van der Waals surface area contributed by atoms with Gasteiger partial charge in [0.2, 0.25) is 0 Å². The first-order valence-corrected chi connectivity index (χ1v) is 6.44. The Balaban J connectivity index is 0.00000144. The van der Waals surface area contributed by atoms with Gasteiger partial charge in [0, 0.05) is 36.9 Å². The topological polar surface area (TPSA) is 12.9 Å². The Morgan fingerprint density at radius 2 is 2.12 bits per heavy atom. The molecule has 2 aromatic heterocycles. The van der Waals surface area contributed by atoms with Gasteiger partial charge in [0.1, 0.15) is 0 Å². The molecule has 0 spiro atoms. The molecule has 0 aliphatic heterocycles. The number of aryl methyl sites for hydroxylation is 1. The van der Waals surface area contributed by atoms with Gasteiger partial charge in [-0.2, -0.15) is 5.38 Å². The molecule has 0 atom stereocenters. The van der Waals surface area contributed by atoms with E-state index in [-0.39, 0.29) is 25.5 Å². The molecule has 0 aromatic carbocycles. The quantitative estimate of drug-likeness (QED) is 0.685. The predicted octanol–water partition coefficient (Wildman–Crippen LogP) is 3.83. The Morgan fingerprint density at radius 3 is 2.71 bits per heavy atom. The fraction of sp³-hybridized carbons (Fsp3) is 0.357. The standard InChI is InChI=1S/C14H16NS.Ir/c1-4-11-7-5-8-12(15-11)14(2,3)13-9-6-10-16-13;/h5-8,10H,4H2,1-3H3;/q-1;. The maximum Gasteiger partial charge on any atom is 0.0498 e. The van der Waals surface area contributed by atoms with Gasteiger partial charge in [-0.05, 0) is 18.6 Å². The molecule has 0 N–H and O–H groups in total. The van der Waals surface area contributed by atoms with Gasteiger partial charge in [-0.3, -0.25) is 16.3 Å². The fourth-order valence-electron chi connectivity index (χ4n) is 1.71. The molecular formula is C14H16IrNS-. The van der Waals surface area contributed by atoms with Gasteiger partial charge >= 0.3 is 0 Å². The summed E-state index contributed by atoms with van der Waals surface area (Å²) in [5, 5.41) is 2.07. The van der Waals surface area contributed by atoms with E-state index < -0.39 is 0 Å². The number of rotatable bonds is 3. The molecule has 0 saturated heterocycles. The Bertz CT molecular complexity index is 463. The van der Waals surface area contributed by atoms with Crippen LogP contribution in [-0.4, -0.2) is 4.98 Å². The molecule has 3 heteroatoms. The van der Waals surface area contributed by atoms with Crippen molar-refractivity contribution >= 4 is 11.3 Å². The summed E-state index contributed by atoms with van der Waals surface area (Å²) < 4.78 is 0. The molecule has 1 radical (unpaired) electrons. The first-order chi connectivity index (χ1) is 7.64. The van der Waals surface area contributed by atoms with Gasteiger partial charge < -0.3 is 0 Å². The van der Waals surface area contributed by atoms with Crippen molar-refractivity contribution in [1.29, 1.82) is 0 Å². The third kappa shape index (κ3) is 3.04. The third-order valence-corrected chi connectivity index (χ3v) is 3.98.